The second kappa shape index (κ2) is 6.85. The molecule has 0 saturated carbocycles. The van der Waals surface area contributed by atoms with Crippen LogP contribution in [0.15, 0.2) is 59.5 Å². The van der Waals surface area contributed by atoms with Gasteiger partial charge in [-0.3, -0.25) is 0 Å². The van der Waals surface area contributed by atoms with Gasteiger partial charge in [0.25, 0.3) is 0 Å². The van der Waals surface area contributed by atoms with E-state index in [1.165, 1.54) is 6.07 Å². The van der Waals surface area contributed by atoms with E-state index in [9.17, 15) is 13.5 Å². The molecule has 21 heavy (non-hydrogen) atoms. The zero-order valence-corrected chi connectivity index (χ0v) is 12.5. The lowest BCUT2D eigenvalue weighted by molar-refractivity contribution is 0.170. The lowest BCUT2D eigenvalue weighted by Crippen LogP contribution is -2.09. The summed E-state index contributed by atoms with van der Waals surface area (Å²) in [5, 5.41) is 9.93. The Morgan fingerprint density at radius 3 is 2.43 bits per heavy atom. The smallest absolute Gasteiger partial charge is 0.182 e. The van der Waals surface area contributed by atoms with Gasteiger partial charge >= 0.3 is 0 Å². The van der Waals surface area contributed by atoms with Gasteiger partial charge in [0.15, 0.2) is 9.84 Å². The van der Waals surface area contributed by atoms with Crippen LogP contribution in [0.1, 0.15) is 23.7 Å². The van der Waals surface area contributed by atoms with Crippen molar-refractivity contribution in [1.82, 2.24) is 0 Å². The SMILES string of the molecule is NCCC(O)c1cccc(S(=O)(=O)Cc2ccccc2)c1. The lowest BCUT2D eigenvalue weighted by atomic mass is 10.1. The highest BCUT2D eigenvalue weighted by molar-refractivity contribution is 7.90. The average Bonchev–Trinajstić information content (AvgIpc) is 2.48. The first-order valence-electron chi connectivity index (χ1n) is 6.78. The summed E-state index contributed by atoms with van der Waals surface area (Å²) in [6, 6.07) is 15.5. The molecule has 2 aromatic carbocycles. The molecule has 0 amide bonds. The number of sulfone groups is 1. The molecule has 2 aromatic rings. The molecule has 0 spiro atoms. The normalized spacial score (nSPS) is 13.0. The Labute approximate surface area is 125 Å². The summed E-state index contributed by atoms with van der Waals surface area (Å²) in [5.74, 6) is -0.0513. The highest BCUT2D eigenvalue weighted by atomic mass is 32.2. The molecular weight excluding hydrogens is 286 g/mol. The third-order valence-corrected chi connectivity index (χ3v) is 4.93. The molecule has 112 valence electrons. The molecular formula is C16H19NO3S. The zero-order valence-electron chi connectivity index (χ0n) is 11.6. The largest absolute Gasteiger partial charge is 0.388 e. The molecule has 0 fully saturated rings. The second-order valence-corrected chi connectivity index (χ2v) is 6.90. The van der Waals surface area contributed by atoms with E-state index in [0.29, 0.717) is 18.5 Å². The number of hydrogen-bond acceptors (Lipinski definition) is 4. The Kier molecular flexibility index (Phi) is 5.12. The van der Waals surface area contributed by atoms with Crippen molar-refractivity contribution in [3.63, 3.8) is 0 Å². The van der Waals surface area contributed by atoms with Crippen molar-refractivity contribution >= 4 is 9.84 Å². The van der Waals surface area contributed by atoms with Gasteiger partial charge in [0.2, 0.25) is 0 Å². The third-order valence-electron chi connectivity index (χ3n) is 3.24. The number of hydrogen-bond donors (Lipinski definition) is 2. The van der Waals surface area contributed by atoms with Gasteiger partial charge in [-0.25, -0.2) is 8.42 Å². The van der Waals surface area contributed by atoms with E-state index < -0.39 is 15.9 Å². The minimum absolute atomic E-state index is 0.0513. The van der Waals surface area contributed by atoms with Gasteiger partial charge in [-0.15, -0.1) is 0 Å². The van der Waals surface area contributed by atoms with E-state index in [-0.39, 0.29) is 10.6 Å². The molecule has 0 aliphatic heterocycles. The lowest BCUT2D eigenvalue weighted by Gasteiger charge is -2.11. The highest BCUT2D eigenvalue weighted by Crippen LogP contribution is 2.22. The van der Waals surface area contributed by atoms with E-state index in [1.54, 1.807) is 30.3 Å². The van der Waals surface area contributed by atoms with E-state index in [4.69, 9.17) is 5.73 Å². The van der Waals surface area contributed by atoms with Gasteiger partial charge in [-0.05, 0) is 36.2 Å². The summed E-state index contributed by atoms with van der Waals surface area (Å²) in [5.41, 5.74) is 6.73. The first kappa shape index (κ1) is 15.7. The first-order chi connectivity index (χ1) is 10.0. The summed E-state index contributed by atoms with van der Waals surface area (Å²) in [6.07, 6.45) is -0.329. The van der Waals surface area contributed by atoms with Crippen molar-refractivity contribution in [3.05, 3.63) is 65.7 Å². The van der Waals surface area contributed by atoms with E-state index in [1.807, 2.05) is 18.2 Å². The Balaban J connectivity index is 2.26. The van der Waals surface area contributed by atoms with Crippen molar-refractivity contribution in [2.75, 3.05) is 6.54 Å². The van der Waals surface area contributed by atoms with Crippen LogP contribution in [-0.4, -0.2) is 20.1 Å². The summed E-state index contributed by atoms with van der Waals surface area (Å²) in [6.45, 7) is 0.349. The molecule has 0 radical (unpaired) electrons. The maximum Gasteiger partial charge on any atom is 0.182 e. The molecule has 1 unspecified atom stereocenters. The van der Waals surface area contributed by atoms with Crippen LogP contribution in [0.2, 0.25) is 0 Å². The number of aliphatic hydroxyl groups is 1. The van der Waals surface area contributed by atoms with Crippen LogP contribution in [-0.2, 0) is 15.6 Å². The molecule has 4 nitrogen and oxygen atoms in total. The molecule has 1 atom stereocenters. The van der Waals surface area contributed by atoms with Crippen LogP contribution in [0.4, 0.5) is 0 Å². The zero-order chi connectivity index (χ0) is 15.3. The summed E-state index contributed by atoms with van der Waals surface area (Å²) < 4.78 is 24.9. The van der Waals surface area contributed by atoms with Crippen LogP contribution in [0.5, 0.6) is 0 Å². The van der Waals surface area contributed by atoms with E-state index >= 15 is 0 Å². The number of nitrogens with two attached hydrogens (primary N) is 1. The minimum atomic E-state index is -3.43. The van der Waals surface area contributed by atoms with Crippen molar-refractivity contribution in [2.45, 2.75) is 23.2 Å². The fraction of sp³-hybridized carbons (Fsp3) is 0.250. The highest BCUT2D eigenvalue weighted by Gasteiger charge is 2.17. The Bertz CT molecular complexity index is 684. The first-order valence-corrected chi connectivity index (χ1v) is 8.43. The van der Waals surface area contributed by atoms with Gasteiger partial charge < -0.3 is 10.8 Å². The van der Waals surface area contributed by atoms with Gasteiger partial charge in [-0.2, -0.15) is 0 Å². The molecule has 0 aliphatic rings. The summed E-state index contributed by atoms with van der Waals surface area (Å²) in [7, 11) is -3.43. The summed E-state index contributed by atoms with van der Waals surface area (Å²) in [4.78, 5) is 0.222. The van der Waals surface area contributed by atoms with Crippen LogP contribution in [0.3, 0.4) is 0 Å². The van der Waals surface area contributed by atoms with Gasteiger partial charge in [0.05, 0.1) is 16.8 Å². The second-order valence-electron chi connectivity index (χ2n) is 4.91. The quantitative estimate of drug-likeness (QED) is 0.856. The summed E-state index contributed by atoms with van der Waals surface area (Å²) >= 11 is 0. The monoisotopic (exact) mass is 305 g/mol. The van der Waals surface area contributed by atoms with E-state index in [0.717, 1.165) is 5.56 Å². The van der Waals surface area contributed by atoms with Crippen LogP contribution < -0.4 is 5.73 Å². The van der Waals surface area contributed by atoms with Gasteiger partial charge in [-0.1, -0.05) is 42.5 Å². The maximum atomic E-state index is 12.4. The van der Waals surface area contributed by atoms with Crippen molar-refractivity contribution in [3.8, 4) is 0 Å². The molecule has 2 rings (SSSR count). The fourth-order valence-electron chi connectivity index (χ4n) is 2.12. The predicted octanol–water partition coefficient (Wildman–Crippen LogP) is 2.04. The topological polar surface area (TPSA) is 80.4 Å². The van der Waals surface area contributed by atoms with Gasteiger partial charge in [0.1, 0.15) is 0 Å². The van der Waals surface area contributed by atoms with E-state index in [2.05, 4.69) is 0 Å². The average molecular weight is 305 g/mol. The molecule has 5 heteroatoms. The molecule has 0 aliphatic carbocycles. The van der Waals surface area contributed by atoms with Crippen molar-refractivity contribution in [2.24, 2.45) is 5.73 Å². The molecule has 3 N–H and O–H groups in total. The minimum Gasteiger partial charge on any atom is -0.388 e. The molecule has 0 saturated heterocycles. The van der Waals surface area contributed by atoms with Crippen LogP contribution in [0, 0.1) is 0 Å². The Hall–Kier alpha value is -1.69. The molecule has 0 heterocycles. The Morgan fingerprint density at radius 2 is 1.76 bits per heavy atom. The Morgan fingerprint density at radius 1 is 1.05 bits per heavy atom. The van der Waals surface area contributed by atoms with Gasteiger partial charge in [0, 0.05) is 0 Å². The predicted molar refractivity (Wildman–Crippen MR) is 82.4 cm³/mol. The number of aliphatic hydroxyl groups excluding tert-OH is 1. The van der Waals surface area contributed by atoms with Crippen molar-refractivity contribution in [1.29, 1.82) is 0 Å². The van der Waals surface area contributed by atoms with Crippen LogP contribution in [0.25, 0.3) is 0 Å². The number of benzene rings is 2. The maximum absolute atomic E-state index is 12.4. The third kappa shape index (κ3) is 4.14. The van der Waals surface area contributed by atoms with Crippen LogP contribution >= 0.6 is 0 Å². The molecule has 0 aromatic heterocycles. The standard InChI is InChI=1S/C16H19NO3S/c17-10-9-16(18)14-7-4-8-15(11-14)21(19,20)12-13-5-2-1-3-6-13/h1-8,11,16,18H,9-10,12,17H2. The fourth-order valence-corrected chi connectivity index (χ4v) is 3.52. The number of rotatable bonds is 6. The molecule has 0 bridgehead atoms. The van der Waals surface area contributed by atoms with Crippen molar-refractivity contribution < 1.29 is 13.5 Å².